The van der Waals surface area contributed by atoms with Gasteiger partial charge in [0.25, 0.3) is 5.91 Å². The van der Waals surface area contributed by atoms with Crippen LogP contribution < -0.4 is 10.5 Å². The molecule has 110 valence electrons. The standard InChI is InChI=1S/C15H21BrN2O2/c1-10(17)11-4-3-7-18(9-11)15(19)13-8-12(20-2)5-6-14(13)16/h5-6,8,10-11H,3-4,7,9,17H2,1-2H3/t10-,11-/m1/s1. The fraction of sp³-hybridized carbons (Fsp3) is 0.533. The Bertz CT molecular complexity index is 491. The third-order valence-corrected chi connectivity index (χ3v) is 4.58. The minimum absolute atomic E-state index is 0.0427. The number of amides is 1. The lowest BCUT2D eigenvalue weighted by molar-refractivity contribution is 0.0659. The molecule has 1 amide bonds. The van der Waals surface area contributed by atoms with Gasteiger partial charge in [-0.25, -0.2) is 0 Å². The highest BCUT2D eigenvalue weighted by atomic mass is 79.9. The Morgan fingerprint density at radius 1 is 1.55 bits per heavy atom. The Morgan fingerprint density at radius 3 is 2.95 bits per heavy atom. The van der Waals surface area contributed by atoms with Crippen molar-refractivity contribution in [2.75, 3.05) is 20.2 Å². The number of piperidine rings is 1. The van der Waals surface area contributed by atoms with Crippen LogP contribution in [-0.2, 0) is 0 Å². The number of hydrogen-bond acceptors (Lipinski definition) is 3. The van der Waals surface area contributed by atoms with E-state index in [4.69, 9.17) is 10.5 Å². The van der Waals surface area contributed by atoms with Gasteiger partial charge >= 0.3 is 0 Å². The van der Waals surface area contributed by atoms with Crippen molar-refractivity contribution >= 4 is 21.8 Å². The summed E-state index contributed by atoms with van der Waals surface area (Å²) < 4.78 is 5.99. The molecule has 2 rings (SSSR count). The molecule has 0 spiro atoms. The van der Waals surface area contributed by atoms with E-state index in [9.17, 15) is 4.79 Å². The van der Waals surface area contributed by atoms with E-state index in [-0.39, 0.29) is 11.9 Å². The van der Waals surface area contributed by atoms with Gasteiger partial charge in [-0.1, -0.05) is 0 Å². The monoisotopic (exact) mass is 340 g/mol. The van der Waals surface area contributed by atoms with Crippen molar-refractivity contribution in [1.82, 2.24) is 4.90 Å². The number of carbonyl (C=O) groups excluding carboxylic acids is 1. The van der Waals surface area contributed by atoms with Crippen molar-refractivity contribution in [3.8, 4) is 5.75 Å². The van der Waals surface area contributed by atoms with Crippen LogP contribution in [0.15, 0.2) is 22.7 Å². The third-order valence-electron chi connectivity index (χ3n) is 3.89. The highest BCUT2D eigenvalue weighted by molar-refractivity contribution is 9.10. The van der Waals surface area contributed by atoms with E-state index in [2.05, 4.69) is 15.9 Å². The topological polar surface area (TPSA) is 55.6 Å². The van der Waals surface area contributed by atoms with Gasteiger partial charge in [0.2, 0.25) is 0 Å². The van der Waals surface area contributed by atoms with Crippen LogP contribution in [0.1, 0.15) is 30.1 Å². The molecule has 0 radical (unpaired) electrons. The lowest BCUT2D eigenvalue weighted by atomic mass is 9.92. The summed E-state index contributed by atoms with van der Waals surface area (Å²) in [6, 6.07) is 5.59. The number of benzene rings is 1. The Balaban J connectivity index is 2.18. The summed E-state index contributed by atoms with van der Waals surface area (Å²) in [5, 5.41) is 0. The zero-order valence-corrected chi connectivity index (χ0v) is 13.5. The average Bonchev–Trinajstić information content (AvgIpc) is 2.47. The number of carbonyl (C=O) groups is 1. The first-order chi connectivity index (χ1) is 9.52. The molecule has 1 aromatic carbocycles. The summed E-state index contributed by atoms with van der Waals surface area (Å²) in [4.78, 5) is 14.6. The van der Waals surface area contributed by atoms with Crippen molar-refractivity contribution in [1.29, 1.82) is 0 Å². The van der Waals surface area contributed by atoms with Crippen LogP contribution in [-0.4, -0.2) is 37.0 Å². The molecule has 0 bridgehead atoms. The lowest BCUT2D eigenvalue weighted by Gasteiger charge is -2.34. The summed E-state index contributed by atoms with van der Waals surface area (Å²) in [6.07, 6.45) is 2.11. The van der Waals surface area contributed by atoms with Crippen LogP contribution in [0.4, 0.5) is 0 Å². The number of nitrogens with zero attached hydrogens (tertiary/aromatic N) is 1. The van der Waals surface area contributed by atoms with E-state index in [0.717, 1.165) is 30.4 Å². The summed E-state index contributed by atoms with van der Waals surface area (Å²) >= 11 is 3.44. The van der Waals surface area contributed by atoms with Crippen LogP contribution in [0.2, 0.25) is 0 Å². The lowest BCUT2D eigenvalue weighted by Crippen LogP contribution is -2.45. The molecule has 4 nitrogen and oxygen atoms in total. The highest BCUT2D eigenvalue weighted by Crippen LogP contribution is 2.26. The Hall–Kier alpha value is -1.07. The van der Waals surface area contributed by atoms with Gasteiger partial charge in [-0.2, -0.15) is 0 Å². The van der Waals surface area contributed by atoms with Crippen LogP contribution in [0.5, 0.6) is 5.75 Å². The minimum Gasteiger partial charge on any atom is -0.497 e. The average molecular weight is 341 g/mol. The third kappa shape index (κ3) is 3.33. The maximum atomic E-state index is 12.7. The van der Waals surface area contributed by atoms with Gasteiger partial charge in [0, 0.05) is 23.6 Å². The van der Waals surface area contributed by atoms with Crippen molar-refractivity contribution in [3.63, 3.8) is 0 Å². The quantitative estimate of drug-likeness (QED) is 0.920. The molecule has 1 aliphatic heterocycles. The van der Waals surface area contributed by atoms with Gasteiger partial charge in [0.05, 0.1) is 12.7 Å². The molecule has 5 heteroatoms. The minimum atomic E-state index is 0.0427. The molecule has 20 heavy (non-hydrogen) atoms. The molecule has 1 aromatic rings. The smallest absolute Gasteiger partial charge is 0.255 e. The number of hydrogen-bond donors (Lipinski definition) is 1. The van der Waals surface area contributed by atoms with E-state index in [0.29, 0.717) is 17.2 Å². The number of halogens is 1. The van der Waals surface area contributed by atoms with Crippen LogP contribution in [0.3, 0.4) is 0 Å². The van der Waals surface area contributed by atoms with Gasteiger partial charge in [-0.3, -0.25) is 4.79 Å². The van der Waals surface area contributed by atoms with Gasteiger partial charge < -0.3 is 15.4 Å². The number of methoxy groups -OCH3 is 1. The predicted octanol–water partition coefficient (Wildman–Crippen LogP) is 2.66. The van der Waals surface area contributed by atoms with Crippen LogP contribution in [0.25, 0.3) is 0 Å². The SMILES string of the molecule is COc1ccc(Br)c(C(=O)N2CCC[C@@H]([C@@H](C)N)C2)c1. The van der Waals surface area contributed by atoms with Crippen molar-refractivity contribution in [2.24, 2.45) is 11.7 Å². The summed E-state index contributed by atoms with van der Waals surface area (Å²) in [5.74, 6) is 1.12. The molecule has 1 saturated heterocycles. The Morgan fingerprint density at radius 2 is 2.30 bits per heavy atom. The van der Waals surface area contributed by atoms with E-state index in [1.165, 1.54) is 0 Å². The zero-order valence-electron chi connectivity index (χ0n) is 11.9. The summed E-state index contributed by atoms with van der Waals surface area (Å²) in [5.41, 5.74) is 6.62. The second-order valence-corrected chi connectivity index (χ2v) is 6.21. The van der Waals surface area contributed by atoms with Gasteiger partial charge in [0.1, 0.15) is 5.75 Å². The molecule has 2 N–H and O–H groups in total. The number of nitrogens with two attached hydrogens (primary N) is 1. The fourth-order valence-electron chi connectivity index (χ4n) is 2.59. The second-order valence-electron chi connectivity index (χ2n) is 5.36. The van der Waals surface area contributed by atoms with Crippen molar-refractivity contribution < 1.29 is 9.53 Å². The second kappa shape index (κ2) is 6.59. The molecule has 0 aromatic heterocycles. The van der Waals surface area contributed by atoms with E-state index < -0.39 is 0 Å². The molecule has 1 aliphatic rings. The maximum absolute atomic E-state index is 12.7. The Kier molecular flexibility index (Phi) is 5.05. The molecule has 1 fully saturated rings. The van der Waals surface area contributed by atoms with Gasteiger partial charge in [-0.05, 0) is 59.8 Å². The van der Waals surface area contributed by atoms with E-state index in [1.807, 2.05) is 24.0 Å². The molecule has 0 aliphatic carbocycles. The molecule has 1 heterocycles. The molecular weight excluding hydrogens is 320 g/mol. The van der Waals surface area contributed by atoms with Crippen LogP contribution in [0, 0.1) is 5.92 Å². The van der Waals surface area contributed by atoms with E-state index in [1.54, 1.807) is 13.2 Å². The maximum Gasteiger partial charge on any atom is 0.255 e. The predicted molar refractivity (Wildman–Crippen MR) is 83.0 cm³/mol. The van der Waals surface area contributed by atoms with Gasteiger partial charge in [-0.15, -0.1) is 0 Å². The molecule has 0 saturated carbocycles. The Labute approximate surface area is 128 Å². The highest BCUT2D eigenvalue weighted by Gasteiger charge is 2.27. The first-order valence-corrected chi connectivity index (χ1v) is 7.70. The molecule has 2 atom stereocenters. The summed E-state index contributed by atoms with van der Waals surface area (Å²) in [7, 11) is 1.60. The molecule has 0 unspecified atom stereocenters. The number of rotatable bonds is 3. The van der Waals surface area contributed by atoms with E-state index >= 15 is 0 Å². The largest absolute Gasteiger partial charge is 0.497 e. The normalized spacial score (nSPS) is 20.6. The molecular formula is C15H21BrN2O2. The number of likely N-dealkylation sites (tertiary alicyclic amines) is 1. The fourth-order valence-corrected chi connectivity index (χ4v) is 3.01. The van der Waals surface area contributed by atoms with Crippen LogP contribution >= 0.6 is 15.9 Å². The number of ether oxygens (including phenoxy) is 1. The van der Waals surface area contributed by atoms with Gasteiger partial charge in [0.15, 0.2) is 0 Å². The zero-order chi connectivity index (χ0) is 14.7. The van der Waals surface area contributed by atoms with Crippen molar-refractivity contribution in [3.05, 3.63) is 28.2 Å². The summed E-state index contributed by atoms with van der Waals surface area (Å²) in [6.45, 7) is 3.55. The first kappa shape index (κ1) is 15.3. The van der Waals surface area contributed by atoms with Crippen molar-refractivity contribution in [2.45, 2.75) is 25.8 Å². The first-order valence-electron chi connectivity index (χ1n) is 6.91.